The van der Waals surface area contributed by atoms with Gasteiger partial charge in [0.05, 0.1) is 18.8 Å². The number of ether oxygens (including phenoxy) is 2. The van der Waals surface area contributed by atoms with Gasteiger partial charge in [-0.1, -0.05) is 0 Å². The third kappa shape index (κ3) is 7.09. The van der Waals surface area contributed by atoms with E-state index < -0.39 is 0 Å². The molecule has 1 aromatic heterocycles. The van der Waals surface area contributed by atoms with E-state index in [1.807, 2.05) is 20.9 Å². The normalized spacial score (nSPS) is 12.7. The zero-order chi connectivity index (χ0) is 20.4. The number of halogens is 1. The maximum atomic E-state index is 12.9. The Hall–Kier alpha value is -2.19. The molecule has 0 bridgehead atoms. The molecule has 0 radical (unpaired) electrons. The fraction of sp³-hybridized carbons (Fsp3) is 0.500. The molecular weight excluding hydrogens is 379 g/mol. The van der Waals surface area contributed by atoms with Crippen LogP contribution in [0.2, 0.25) is 0 Å². The molecular formula is C20H29FN4O2S. The molecule has 0 saturated carbocycles. The van der Waals surface area contributed by atoms with Crippen molar-refractivity contribution in [1.29, 1.82) is 0 Å². The maximum Gasteiger partial charge on any atom is 0.194 e. The Balaban J connectivity index is 1.82. The first-order valence-electron chi connectivity index (χ1n) is 9.38. The molecule has 0 spiro atoms. The summed E-state index contributed by atoms with van der Waals surface area (Å²) in [6.45, 7) is 6.66. The summed E-state index contributed by atoms with van der Waals surface area (Å²) in [5.74, 6) is 1.23. The SMILES string of the molecule is CCNC(=NCCCOc1ccc(F)cc1)N(C)Cc1csc(C(C)OC)n1. The molecule has 1 aromatic carbocycles. The highest BCUT2D eigenvalue weighted by atomic mass is 32.1. The number of guanidine groups is 1. The van der Waals surface area contributed by atoms with Crippen molar-refractivity contribution in [3.8, 4) is 5.75 Å². The standard InChI is InChI=1S/C20H29FN4O2S/c1-5-22-20(23-11-6-12-27-18-9-7-16(21)8-10-18)25(3)13-17-14-28-19(24-17)15(2)26-4/h7-10,14-15H,5-6,11-13H2,1-4H3,(H,22,23). The van der Waals surface area contributed by atoms with Gasteiger partial charge in [-0.2, -0.15) is 0 Å². The maximum absolute atomic E-state index is 12.9. The predicted octanol–water partition coefficient (Wildman–Crippen LogP) is 3.86. The third-order valence-electron chi connectivity index (χ3n) is 4.01. The first-order chi connectivity index (χ1) is 13.5. The van der Waals surface area contributed by atoms with Crippen LogP contribution in [0.15, 0.2) is 34.6 Å². The lowest BCUT2D eigenvalue weighted by Crippen LogP contribution is -2.38. The molecule has 0 saturated heterocycles. The molecule has 0 aliphatic heterocycles. The minimum Gasteiger partial charge on any atom is -0.494 e. The monoisotopic (exact) mass is 408 g/mol. The van der Waals surface area contributed by atoms with Crippen molar-refractivity contribution in [3.63, 3.8) is 0 Å². The zero-order valence-electron chi connectivity index (χ0n) is 16.9. The van der Waals surface area contributed by atoms with Crippen LogP contribution in [0.5, 0.6) is 5.75 Å². The van der Waals surface area contributed by atoms with Crippen molar-refractivity contribution >= 4 is 17.3 Å². The van der Waals surface area contributed by atoms with Crippen LogP contribution in [0.3, 0.4) is 0 Å². The highest BCUT2D eigenvalue weighted by Crippen LogP contribution is 2.20. The van der Waals surface area contributed by atoms with E-state index in [1.54, 1.807) is 30.6 Å². The number of aromatic nitrogens is 1. The lowest BCUT2D eigenvalue weighted by atomic mass is 10.3. The van der Waals surface area contributed by atoms with E-state index in [4.69, 9.17) is 9.47 Å². The number of aliphatic imine (C=N–C) groups is 1. The highest BCUT2D eigenvalue weighted by molar-refractivity contribution is 7.09. The number of nitrogens with zero attached hydrogens (tertiary/aromatic N) is 3. The quantitative estimate of drug-likeness (QED) is 0.368. The molecule has 1 N–H and O–H groups in total. The first kappa shape index (κ1) is 22.1. The molecule has 8 heteroatoms. The number of benzene rings is 1. The van der Waals surface area contributed by atoms with Gasteiger partial charge in [-0.15, -0.1) is 11.3 Å². The van der Waals surface area contributed by atoms with Crippen LogP contribution in [0.4, 0.5) is 4.39 Å². The lowest BCUT2D eigenvalue weighted by Gasteiger charge is -2.21. The fourth-order valence-corrected chi connectivity index (χ4v) is 3.28. The first-order valence-corrected chi connectivity index (χ1v) is 10.3. The second-order valence-corrected chi connectivity index (χ2v) is 7.19. The van der Waals surface area contributed by atoms with E-state index in [2.05, 4.69) is 25.6 Å². The summed E-state index contributed by atoms with van der Waals surface area (Å²) < 4.78 is 23.8. The molecule has 1 unspecified atom stereocenters. The minimum atomic E-state index is -0.265. The Morgan fingerprint density at radius 3 is 2.79 bits per heavy atom. The van der Waals surface area contributed by atoms with E-state index in [9.17, 15) is 4.39 Å². The molecule has 6 nitrogen and oxygen atoms in total. The Labute approximate surface area is 170 Å². The van der Waals surface area contributed by atoms with E-state index in [1.165, 1.54) is 12.1 Å². The van der Waals surface area contributed by atoms with Gasteiger partial charge in [0.25, 0.3) is 0 Å². The van der Waals surface area contributed by atoms with Crippen LogP contribution in [-0.4, -0.2) is 49.7 Å². The minimum absolute atomic E-state index is 0.00654. The lowest BCUT2D eigenvalue weighted by molar-refractivity contribution is 0.119. The molecule has 0 aliphatic rings. The summed E-state index contributed by atoms with van der Waals surface area (Å²) in [5.41, 5.74) is 0.997. The highest BCUT2D eigenvalue weighted by Gasteiger charge is 2.12. The fourth-order valence-electron chi connectivity index (χ4n) is 2.44. The number of methoxy groups -OCH3 is 1. The van der Waals surface area contributed by atoms with Gasteiger partial charge in [0.2, 0.25) is 0 Å². The van der Waals surface area contributed by atoms with Crippen LogP contribution in [0, 0.1) is 5.82 Å². The van der Waals surface area contributed by atoms with E-state index in [0.717, 1.165) is 29.6 Å². The van der Waals surface area contributed by atoms with Gasteiger partial charge in [-0.05, 0) is 38.1 Å². The van der Waals surface area contributed by atoms with Gasteiger partial charge in [-0.3, -0.25) is 4.99 Å². The van der Waals surface area contributed by atoms with E-state index in [-0.39, 0.29) is 11.9 Å². The van der Waals surface area contributed by atoms with Crippen LogP contribution in [0.25, 0.3) is 0 Å². The summed E-state index contributed by atoms with van der Waals surface area (Å²) in [6, 6.07) is 6.04. The van der Waals surface area contributed by atoms with E-state index >= 15 is 0 Å². The van der Waals surface area contributed by atoms with Crippen LogP contribution >= 0.6 is 11.3 Å². The van der Waals surface area contributed by atoms with Crippen molar-refractivity contribution in [2.75, 3.05) is 33.9 Å². The van der Waals surface area contributed by atoms with Gasteiger partial charge in [0, 0.05) is 39.0 Å². The van der Waals surface area contributed by atoms with E-state index in [0.29, 0.717) is 25.4 Å². The number of nitrogens with one attached hydrogen (secondary N) is 1. The molecule has 2 aromatic rings. The Morgan fingerprint density at radius 1 is 1.36 bits per heavy atom. The molecule has 1 atom stereocenters. The van der Waals surface area contributed by atoms with Crippen LogP contribution < -0.4 is 10.1 Å². The van der Waals surface area contributed by atoms with Crippen LogP contribution in [-0.2, 0) is 11.3 Å². The third-order valence-corrected chi connectivity index (χ3v) is 5.07. The average molecular weight is 409 g/mol. The van der Waals surface area contributed by atoms with Gasteiger partial charge in [-0.25, -0.2) is 9.37 Å². The predicted molar refractivity (Wildman–Crippen MR) is 111 cm³/mol. The molecule has 0 amide bonds. The average Bonchev–Trinajstić information content (AvgIpc) is 3.16. The Bertz CT molecular complexity index is 736. The largest absolute Gasteiger partial charge is 0.494 e. The summed E-state index contributed by atoms with van der Waals surface area (Å²) >= 11 is 1.61. The van der Waals surface area contributed by atoms with Crippen molar-refractivity contribution in [2.24, 2.45) is 4.99 Å². The summed E-state index contributed by atoms with van der Waals surface area (Å²) in [6.07, 6.45) is 0.777. The topological polar surface area (TPSA) is 59.0 Å². The molecule has 28 heavy (non-hydrogen) atoms. The second kappa shape index (κ2) is 11.6. The second-order valence-electron chi connectivity index (χ2n) is 6.30. The van der Waals surface area contributed by atoms with Gasteiger partial charge in [0.1, 0.15) is 22.7 Å². The molecule has 0 fully saturated rings. The zero-order valence-corrected chi connectivity index (χ0v) is 17.8. The van der Waals surface area contributed by atoms with Crippen LogP contribution in [0.1, 0.15) is 37.1 Å². The molecule has 0 aliphatic carbocycles. The number of hydrogen-bond acceptors (Lipinski definition) is 5. The van der Waals surface area contributed by atoms with Crippen molar-refractivity contribution < 1.29 is 13.9 Å². The summed E-state index contributed by atoms with van der Waals surface area (Å²) in [4.78, 5) is 11.3. The molecule has 1 heterocycles. The Kier molecular flexibility index (Phi) is 9.16. The number of thiazole rings is 1. The Morgan fingerprint density at radius 2 is 2.11 bits per heavy atom. The summed E-state index contributed by atoms with van der Waals surface area (Å²) in [5, 5.41) is 6.34. The van der Waals surface area contributed by atoms with Crippen molar-refractivity contribution in [2.45, 2.75) is 32.9 Å². The number of rotatable bonds is 10. The van der Waals surface area contributed by atoms with Crippen molar-refractivity contribution in [3.05, 3.63) is 46.2 Å². The van der Waals surface area contributed by atoms with Gasteiger partial charge in [0.15, 0.2) is 5.96 Å². The van der Waals surface area contributed by atoms with Gasteiger partial charge < -0.3 is 19.7 Å². The van der Waals surface area contributed by atoms with Crippen molar-refractivity contribution in [1.82, 2.24) is 15.2 Å². The molecule has 2 rings (SSSR count). The smallest absolute Gasteiger partial charge is 0.194 e. The molecule has 154 valence electrons. The number of hydrogen-bond donors (Lipinski definition) is 1. The van der Waals surface area contributed by atoms with Gasteiger partial charge >= 0.3 is 0 Å². The summed E-state index contributed by atoms with van der Waals surface area (Å²) in [7, 11) is 3.68.